The SMILES string of the molecule is CC(NC(=NCC(=O)N(C)C)NCC1(N2CCOCC2)CCCCC1)c1ccccc1. The molecule has 7 heteroatoms. The van der Waals surface area contributed by atoms with Crippen molar-refractivity contribution in [3.05, 3.63) is 35.9 Å². The first-order valence-corrected chi connectivity index (χ1v) is 11.6. The fourth-order valence-corrected chi connectivity index (χ4v) is 4.57. The summed E-state index contributed by atoms with van der Waals surface area (Å²) in [6.07, 6.45) is 6.22. The van der Waals surface area contributed by atoms with Crippen LogP contribution in [0, 0.1) is 0 Å². The highest BCUT2D eigenvalue weighted by molar-refractivity contribution is 5.85. The standard InChI is InChI=1S/C24H39N5O2/c1-20(21-10-6-4-7-11-21)27-23(25-18-22(30)28(2)3)26-19-24(12-8-5-9-13-24)29-14-16-31-17-15-29/h4,6-7,10-11,20H,5,8-9,12-19H2,1-3H3,(H2,25,26,27). The zero-order chi connectivity index (χ0) is 22.1. The lowest BCUT2D eigenvalue weighted by Gasteiger charge is -2.48. The third-order valence-electron chi connectivity index (χ3n) is 6.58. The monoisotopic (exact) mass is 429 g/mol. The first kappa shape index (κ1) is 23.5. The van der Waals surface area contributed by atoms with Gasteiger partial charge in [-0.15, -0.1) is 0 Å². The second kappa shape index (κ2) is 11.5. The smallest absolute Gasteiger partial charge is 0.243 e. The van der Waals surface area contributed by atoms with Crippen LogP contribution < -0.4 is 10.6 Å². The summed E-state index contributed by atoms with van der Waals surface area (Å²) in [5, 5.41) is 7.12. The molecule has 2 N–H and O–H groups in total. The van der Waals surface area contributed by atoms with Gasteiger partial charge in [-0.05, 0) is 25.3 Å². The minimum atomic E-state index is -0.00553. The van der Waals surface area contributed by atoms with Gasteiger partial charge in [-0.2, -0.15) is 0 Å². The van der Waals surface area contributed by atoms with Crippen molar-refractivity contribution >= 4 is 11.9 Å². The number of ether oxygens (including phenoxy) is 1. The van der Waals surface area contributed by atoms with Gasteiger partial charge in [0.25, 0.3) is 0 Å². The average molecular weight is 430 g/mol. The number of carbonyl (C=O) groups excluding carboxylic acids is 1. The molecule has 1 aromatic carbocycles. The van der Waals surface area contributed by atoms with E-state index in [1.165, 1.54) is 37.7 Å². The zero-order valence-electron chi connectivity index (χ0n) is 19.4. The predicted molar refractivity (Wildman–Crippen MR) is 125 cm³/mol. The number of nitrogens with zero attached hydrogens (tertiary/aromatic N) is 3. The molecule has 1 saturated carbocycles. The topological polar surface area (TPSA) is 69.2 Å². The molecule has 1 aliphatic carbocycles. The molecule has 1 aliphatic heterocycles. The van der Waals surface area contributed by atoms with Gasteiger partial charge >= 0.3 is 0 Å². The Kier molecular flexibility index (Phi) is 8.72. The predicted octanol–water partition coefficient (Wildman–Crippen LogP) is 2.41. The maximum Gasteiger partial charge on any atom is 0.243 e. The molecule has 1 amide bonds. The number of benzene rings is 1. The molecule has 1 unspecified atom stereocenters. The minimum absolute atomic E-state index is 0.00553. The highest BCUT2D eigenvalue weighted by Crippen LogP contribution is 2.33. The van der Waals surface area contributed by atoms with Gasteiger partial charge in [-0.3, -0.25) is 9.69 Å². The minimum Gasteiger partial charge on any atom is -0.379 e. The summed E-state index contributed by atoms with van der Waals surface area (Å²) in [5.74, 6) is 0.693. The lowest BCUT2D eigenvalue weighted by molar-refractivity contribution is -0.127. The molecule has 0 spiro atoms. The van der Waals surface area contributed by atoms with Crippen molar-refractivity contribution in [3.63, 3.8) is 0 Å². The lowest BCUT2D eigenvalue weighted by atomic mass is 9.80. The fourth-order valence-electron chi connectivity index (χ4n) is 4.57. The van der Waals surface area contributed by atoms with E-state index < -0.39 is 0 Å². The van der Waals surface area contributed by atoms with Crippen molar-refractivity contribution in [2.45, 2.75) is 50.6 Å². The summed E-state index contributed by atoms with van der Waals surface area (Å²) in [5.41, 5.74) is 1.32. The summed E-state index contributed by atoms with van der Waals surface area (Å²) < 4.78 is 5.61. The van der Waals surface area contributed by atoms with Gasteiger partial charge in [0.05, 0.1) is 19.3 Å². The summed E-state index contributed by atoms with van der Waals surface area (Å²) in [7, 11) is 3.53. The van der Waals surface area contributed by atoms with Crippen molar-refractivity contribution in [1.82, 2.24) is 20.4 Å². The van der Waals surface area contributed by atoms with E-state index in [0.29, 0.717) is 5.96 Å². The zero-order valence-corrected chi connectivity index (χ0v) is 19.4. The summed E-state index contributed by atoms with van der Waals surface area (Å²) in [6, 6.07) is 10.4. The molecule has 0 bridgehead atoms. The maximum atomic E-state index is 12.2. The molecule has 1 saturated heterocycles. The average Bonchev–Trinajstić information content (AvgIpc) is 2.82. The van der Waals surface area contributed by atoms with E-state index in [-0.39, 0.29) is 24.0 Å². The van der Waals surface area contributed by atoms with Crippen molar-refractivity contribution in [1.29, 1.82) is 0 Å². The second-order valence-corrected chi connectivity index (χ2v) is 8.97. The Morgan fingerprint density at radius 3 is 2.48 bits per heavy atom. The number of hydrogen-bond acceptors (Lipinski definition) is 4. The molecule has 31 heavy (non-hydrogen) atoms. The van der Waals surface area contributed by atoms with E-state index in [2.05, 4.69) is 39.6 Å². The van der Waals surface area contributed by atoms with Gasteiger partial charge < -0.3 is 20.3 Å². The lowest BCUT2D eigenvalue weighted by Crippen LogP contribution is -2.60. The van der Waals surface area contributed by atoms with Gasteiger partial charge in [0.15, 0.2) is 5.96 Å². The number of guanidine groups is 1. The molecule has 2 aliphatic rings. The first-order valence-electron chi connectivity index (χ1n) is 11.6. The van der Waals surface area contributed by atoms with Gasteiger partial charge in [0.2, 0.25) is 5.91 Å². The van der Waals surface area contributed by atoms with Gasteiger partial charge in [0, 0.05) is 39.3 Å². The van der Waals surface area contributed by atoms with Gasteiger partial charge in [-0.25, -0.2) is 4.99 Å². The Balaban J connectivity index is 1.72. The third kappa shape index (κ3) is 6.68. The Morgan fingerprint density at radius 1 is 1.16 bits per heavy atom. The molecular weight excluding hydrogens is 390 g/mol. The maximum absolute atomic E-state index is 12.2. The molecular formula is C24H39N5O2. The number of likely N-dealkylation sites (N-methyl/N-ethyl adjacent to an activating group) is 1. The summed E-state index contributed by atoms with van der Waals surface area (Å²) in [4.78, 5) is 21.0. The summed E-state index contributed by atoms with van der Waals surface area (Å²) >= 11 is 0. The van der Waals surface area contributed by atoms with Crippen LogP contribution in [0.25, 0.3) is 0 Å². The Labute approximate surface area is 187 Å². The van der Waals surface area contributed by atoms with E-state index >= 15 is 0 Å². The second-order valence-electron chi connectivity index (χ2n) is 8.97. The van der Waals surface area contributed by atoms with Crippen LogP contribution in [0.2, 0.25) is 0 Å². The van der Waals surface area contributed by atoms with Crippen LogP contribution in [0.5, 0.6) is 0 Å². The van der Waals surface area contributed by atoms with Gasteiger partial charge in [-0.1, -0.05) is 49.6 Å². The normalized spacial score (nSPS) is 20.7. The van der Waals surface area contributed by atoms with Crippen molar-refractivity contribution in [3.8, 4) is 0 Å². The Hall–Kier alpha value is -2.12. The number of carbonyl (C=O) groups is 1. The van der Waals surface area contributed by atoms with Crippen molar-refractivity contribution < 1.29 is 9.53 Å². The van der Waals surface area contributed by atoms with E-state index in [0.717, 1.165) is 32.8 Å². The van der Waals surface area contributed by atoms with E-state index in [9.17, 15) is 4.79 Å². The largest absolute Gasteiger partial charge is 0.379 e. The van der Waals surface area contributed by atoms with Gasteiger partial charge in [0.1, 0.15) is 6.54 Å². The molecule has 7 nitrogen and oxygen atoms in total. The van der Waals surface area contributed by atoms with Crippen LogP contribution in [0.4, 0.5) is 0 Å². The van der Waals surface area contributed by atoms with Crippen LogP contribution in [0.3, 0.4) is 0 Å². The highest BCUT2D eigenvalue weighted by atomic mass is 16.5. The number of rotatable bonds is 7. The molecule has 2 fully saturated rings. The Bertz CT molecular complexity index is 710. The van der Waals surface area contributed by atoms with Crippen LogP contribution in [0.15, 0.2) is 35.3 Å². The molecule has 0 radical (unpaired) electrons. The number of amides is 1. The van der Waals surface area contributed by atoms with Crippen molar-refractivity contribution in [2.24, 2.45) is 4.99 Å². The quantitative estimate of drug-likeness (QED) is 0.515. The number of hydrogen-bond donors (Lipinski definition) is 2. The number of nitrogens with one attached hydrogen (secondary N) is 2. The van der Waals surface area contributed by atoms with Crippen LogP contribution >= 0.6 is 0 Å². The third-order valence-corrected chi connectivity index (χ3v) is 6.58. The Morgan fingerprint density at radius 2 is 1.84 bits per heavy atom. The van der Waals surface area contributed by atoms with E-state index in [1.54, 1.807) is 19.0 Å². The molecule has 172 valence electrons. The molecule has 1 aromatic rings. The molecule has 1 atom stereocenters. The number of aliphatic imine (C=N–C) groups is 1. The van der Waals surface area contributed by atoms with Crippen LogP contribution in [-0.2, 0) is 9.53 Å². The van der Waals surface area contributed by atoms with Crippen molar-refractivity contribution in [2.75, 3.05) is 53.5 Å². The summed E-state index contributed by atoms with van der Waals surface area (Å²) in [6.45, 7) is 6.68. The van der Waals surface area contributed by atoms with Crippen LogP contribution in [-0.4, -0.2) is 80.7 Å². The van der Waals surface area contributed by atoms with E-state index in [1.807, 2.05) is 18.2 Å². The number of morpholine rings is 1. The van der Waals surface area contributed by atoms with E-state index in [4.69, 9.17) is 4.74 Å². The highest BCUT2D eigenvalue weighted by Gasteiger charge is 2.38. The molecule has 1 heterocycles. The van der Waals surface area contributed by atoms with Crippen LogP contribution in [0.1, 0.15) is 50.6 Å². The molecule has 0 aromatic heterocycles. The molecule has 3 rings (SSSR count). The first-order chi connectivity index (χ1) is 15.0. The fraction of sp³-hybridized carbons (Fsp3) is 0.667.